The second-order valence-corrected chi connectivity index (χ2v) is 2.66. The molecule has 0 aliphatic carbocycles. The molecule has 0 radical (unpaired) electrons. The standard InChI is InChI=1S/C4H12N2O2S/c1-2-3-4-6(5)9(7)8/h2-5H2,1H3,(H,7,8). The van der Waals surface area contributed by atoms with Gasteiger partial charge in [0, 0.05) is 6.54 Å². The van der Waals surface area contributed by atoms with Gasteiger partial charge in [0.25, 0.3) is 0 Å². The van der Waals surface area contributed by atoms with Crippen molar-refractivity contribution in [3.05, 3.63) is 0 Å². The summed E-state index contributed by atoms with van der Waals surface area (Å²) in [6, 6.07) is 0. The van der Waals surface area contributed by atoms with Gasteiger partial charge in [0.2, 0.25) is 11.3 Å². The lowest BCUT2D eigenvalue weighted by molar-refractivity contribution is 0.402. The highest BCUT2D eigenvalue weighted by atomic mass is 32.2. The molecule has 0 amide bonds. The third kappa shape index (κ3) is 4.53. The van der Waals surface area contributed by atoms with E-state index in [0.29, 0.717) is 6.54 Å². The van der Waals surface area contributed by atoms with Gasteiger partial charge < -0.3 is 0 Å². The number of hydrogen-bond donors (Lipinski definition) is 2. The molecule has 5 heteroatoms. The highest BCUT2D eigenvalue weighted by molar-refractivity contribution is 7.76. The molecule has 1 atom stereocenters. The van der Waals surface area contributed by atoms with Gasteiger partial charge in [-0.3, -0.25) is 10.4 Å². The van der Waals surface area contributed by atoms with Crippen molar-refractivity contribution < 1.29 is 8.76 Å². The number of unbranched alkanes of at least 4 members (excludes halogenated alkanes) is 1. The predicted molar refractivity (Wildman–Crippen MR) is 36.6 cm³/mol. The fourth-order valence-electron chi connectivity index (χ4n) is 0.392. The van der Waals surface area contributed by atoms with Gasteiger partial charge in [0.1, 0.15) is 0 Å². The Labute approximate surface area is 57.4 Å². The largest absolute Gasteiger partial charge is 0.293 e. The van der Waals surface area contributed by atoms with Gasteiger partial charge in [-0.15, -0.1) is 4.41 Å². The number of nitrogens with two attached hydrogens (primary N) is 1. The average molecular weight is 152 g/mol. The first kappa shape index (κ1) is 9.03. The van der Waals surface area contributed by atoms with Crippen LogP contribution in [0.4, 0.5) is 0 Å². The molecule has 0 heterocycles. The molecule has 0 aliphatic rings. The minimum atomic E-state index is -2.00. The van der Waals surface area contributed by atoms with E-state index in [1.54, 1.807) is 0 Å². The monoisotopic (exact) mass is 152 g/mol. The van der Waals surface area contributed by atoms with Crippen LogP contribution in [0.2, 0.25) is 0 Å². The first-order valence-corrected chi connectivity index (χ1v) is 3.88. The van der Waals surface area contributed by atoms with Crippen LogP contribution in [0.3, 0.4) is 0 Å². The molecule has 0 spiro atoms. The van der Waals surface area contributed by atoms with Crippen molar-refractivity contribution >= 4 is 11.3 Å². The fraction of sp³-hybridized carbons (Fsp3) is 1.00. The molecule has 0 aromatic rings. The Balaban J connectivity index is 3.27. The Morgan fingerprint density at radius 1 is 1.78 bits per heavy atom. The minimum absolute atomic E-state index is 0.472. The third-order valence-corrected chi connectivity index (χ3v) is 1.52. The Bertz CT molecular complexity index is 98.6. The van der Waals surface area contributed by atoms with Crippen molar-refractivity contribution in [1.82, 2.24) is 4.41 Å². The zero-order chi connectivity index (χ0) is 7.28. The first-order valence-electron chi connectivity index (χ1n) is 2.81. The molecule has 56 valence electrons. The van der Waals surface area contributed by atoms with Crippen LogP contribution in [0.25, 0.3) is 0 Å². The highest BCUT2D eigenvalue weighted by Gasteiger charge is 2.01. The van der Waals surface area contributed by atoms with Gasteiger partial charge in [0.05, 0.1) is 0 Å². The topological polar surface area (TPSA) is 66.6 Å². The molecule has 0 aromatic heterocycles. The zero-order valence-electron chi connectivity index (χ0n) is 5.41. The second-order valence-electron chi connectivity index (χ2n) is 1.72. The van der Waals surface area contributed by atoms with Gasteiger partial charge in [-0.05, 0) is 6.42 Å². The minimum Gasteiger partial charge on any atom is -0.293 e. The van der Waals surface area contributed by atoms with E-state index in [4.69, 9.17) is 10.4 Å². The maximum Gasteiger partial charge on any atom is 0.248 e. The molecule has 0 saturated carbocycles. The van der Waals surface area contributed by atoms with Crippen molar-refractivity contribution in [3.63, 3.8) is 0 Å². The summed E-state index contributed by atoms with van der Waals surface area (Å²) in [5, 5.41) is 0. The molecule has 1 unspecified atom stereocenters. The number of hydrazine groups is 1. The van der Waals surface area contributed by atoms with Gasteiger partial charge in [-0.25, -0.2) is 4.21 Å². The molecule has 4 nitrogen and oxygen atoms in total. The SMILES string of the molecule is CCCCN(N)S(=O)O. The van der Waals surface area contributed by atoms with Crippen LogP contribution in [0.1, 0.15) is 19.8 Å². The van der Waals surface area contributed by atoms with Crippen molar-refractivity contribution in [1.29, 1.82) is 0 Å². The van der Waals surface area contributed by atoms with E-state index in [2.05, 4.69) is 0 Å². The van der Waals surface area contributed by atoms with E-state index < -0.39 is 11.3 Å². The Kier molecular flexibility index (Phi) is 4.88. The zero-order valence-corrected chi connectivity index (χ0v) is 6.23. The lowest BCUT2D eigenvalue weighted by Crippen LogP contribution is -2.33. The van der Waals surface area contributed by atoms with Gasteiger partial charge in [-0.2, -0.15) is 0 Å². The molecule has 9 heavy (non-hydrogen) atoms. The molecule has 0 aromatic carbocycles. The van der Waals surface area contributed by atoms with E-state index in [9.17, 15) is 4.21 Å². The summed E-state index contributed by atoms with van der Waals surface area (Å²) in [7, 11) is 0. The molecule has 3 N–H and O–H groups in total. The lowest BCUT2D eigenvalue weighted by atomic mass is 10.3. The fourth-order valence-corrected chi connectivity index (χ4v) is 0.677. The summed E-state index contributed by atoms with van der Waals surface area (Å²) >= 11 is -2.00. The Morgan fingerprint density at radius 2 is 2.33 bits per heavy atom. The van der Waals surface area contributed by atoms with E-state index in [1.165, 1.54) is 0 Å². The normalized spacial score (nSPS) is 14.2. The molecule has 0 rings (SSSR count). The average Bonchev–Trinajstić information content (AvgIpc) is 1.82. The van der Waals surface area contributed by atoms with Crippen LogP contribution in [0, 0.1) is 0 Å². The summed E-state index contributed by atoms with van der Waals surface area (Å²) in [5.74, 6) is 5.09. The first-order chi connectivity index (χ1) is 4.18. The van der Waals surface area contributed by atoms with Crippen LogP contribution in [-0.2, 0) is 11.3 Å². The number of rotatable bonds is 4. The van der Waals surface area contributed by atoms with E-state index in [0.717, 1.165) is 17.3 Å². The van der Waals surface area contributed by atoms with Crippen LogP contribution < -0.4 is 5.84 Å². The highest BCUT2D eigenvalue weighted by Crippen LogP contribution is 1.89. The van der Waals surface area contributed by atoms with Gasteiger partial charge in [-0.1, -0.05) is 13.3 Å². The van der Waals surface area contributed by atoms with Crippen molar-refractivity contribution in [2.45, 2.75) is 19.8 Å². The molecular formula is C4H12N2O2S. The summed E-state index contributed by atoms with van der Waals surface area (Å²) in [5.41, 5.74) is 0. The van der Waals surface area contributed by atoms with Crippen molar-refractivity contribution in [3.8, 4) is 0 Å². The van der Waals surface area contributed by atoms with Crippen LogP contribution >= 0.6 is 0 Å². The van der Waals surface area contributed by atoms with Gasteiger partial charge in [0.15, 0.2) is 0 Å². The maximum absolute atomic E-state index is 10.1. The van der Waals surface area contributed by atoms with Crippen molar-refractivity contribution in [2.24, 2.45) is 5.84 Å². The summed E-state index contributed by atoms with van der Waals surface area (Å²) in [6.45, 7) is 2.47. The van der Waals surface area contributed by atoms with Crippen LogP contribution in [0.5, 0.6) is 0 Å². The summed E-state index contributed by atoms with van der Waals surface area (Å²) in [4.78, 5) is 0. The molecule has 0 aliphatic heterocycles. The molecule has 0 saturated heterocycles. The molecular weight excluding hydrogens is 140 g/mol. The Morgan fingerprint density at radius 3 is 2.67 bits per heavy atom. The maximum atomic E-state index is 10.1. The number of nitrogens with zero attached hydrogens (tertiary/aromatic N) is 1. The quantitative estimate of drug-likeness (QED) is 0.341. The smallest absolute Gasteiger partial charge is 0.248 e. The predicted octanol–water partition coefficient (Wildman–Crippen LogP) is 0.0989. The summed E-state index contributed by atoms with van der Waals surface area (Å²) in [6.07, 6.45) is 1.83. The van der Waals surface area contributed by atoms with Crippen LogP contribution in [-0.4, -0.2) is 19.7 Å². The van der Waals surface area contributed by atoms with Crippen molar-refractivity contribution in [2.75, 3.05) is 6.54 Å². The number of hydrogen-bond acceptors (Lipinski definition) is 2. The van der Waals surface area contributed by atoms with E-state index >= 15 is 0 Å². The van der Waals surface area contributed by atoms with Gasteiger partial charge >= 0.3 is 0 Å². The van der Waals surface area contributed by atoms with E-state index in [-0.39, 0.29) is 0 Å². The molecule has 0 fully saturated rings. The summed E-state index contributed by atoms with van der Waals surface area (Å²) < 4.78 is 19.3. The second kappa shape index (κ2) is 4.87. The van der Waals surface area contributed by atoms with Crippen LogP contribution in [0.15, 0.2) is 0 Å². The lowest BCUT2D eigenvalue weighted by Gasteiger charge is -2.08. The Hall–Kier alpha value is 0.0300. The van der Waals surface area contributed by atoms with E-state index in [1.807, 2.05) is 6.92 Å². The molecule has 0 bridgehead atoms. The third-order valence-electron chi connectivity index (χ3n) is 0.933.